The zero-order valence-corrected chi connectivity index (χ0v) is 15.6. The Labute approximate surface area is 164 Å². The third-order valence-corrected chi connectivity index (χ3v) is 5.38. The van der Waals surface area contributed by atoms with Gasteiger partial charge in [-0.1, -0.05) is 23.7 Å². The number of hydrogen-bond donors (Lipinski definition) is 0. The van der Waals surface area contributed by atoms with Crippen molar-refractivity contribution in [3.05, 3.63) is 81.8 Å². The lowest BCUT2D eigenvalue weighted by molar-refractivity contribution is -0.128. The van der Waals surface area contributed by atoms with Crippen LogP contribution >= 0.6 is 22.9 Å². The molecule has 1 aliphatic rings. The summed E-state index contributed by atoms with van der Waals surface area (Å²) >= 11 is 7.39. The van der Waals surface area contributed by atoms with Gasteiger partial charge in [0.2, 0.25) is 5.91 Å². The summed E-state index contributed by atoms with van der Waals surface area (Å²) in [5, 5.41) is 4.20. The Hall–Kier alpha value is -2.70. The van der Waals surface area contributed by atoms with Crippen LogP contribution < -0.4 is 9.80 Å². The number of halogens is 2. The van der Waals surface area contributed by atoms with Gasteiger partial charge in [-0.2, -0.15) is 11.3 Å². The largest absolute Gasteiger partial charge is 0.298 e. The fourth-order valence-electron chi connectivity index (χ4n) is 3.18. The first-order chi connectivity index (χ1) is 13.1. The standard InChI is InChI=1S/C20H14ClFN2O2S/c21-14-5-7-15(8-6-14)24-18(25)11-23(17-4-2-1-3-16(17)22)20(26)19(24)13-9-10-27-12-13/h1-10,12,19H,11H2/t19-/m1/s1. The van der Waals surface area contributed by atoms with Gasteiger partial charge >= 0.3 is 0 Å². The van der Waals surface area contributed by atoms with Gasteiger partial charge in [0, 0.05) is 10.7 Å². The highest BCUT2D eigenvalue weighted by atomic mass is 35.5. The molecule has 1 atom stereocenters. The quantitative estimate of drug-likeness (QED) is 0.641. The molecule has 1 saturated heterocycles. The van der Waals surface area contributed by atoms with Crippen LogP contribution in [0.4, 0.5) is 15.8 Å². The molecule has 2 amide bonds. The Kier molecular flexibility index (Phi) is 4.68. The average molecular weight is 401 g/mol. The van der Waals surface area contributed by atoms with Crippen LogP contribution in [0.3, 0.4) is 0 Å². The summed E-state index contributed by atoms with van der Waals surface area (Å²) in [7, 11) is 0. The number of piperazine rings is 1. The molecule has 4 nitrogen and oxygen atoms in total. The van der Waals surface area contributed by atoms with Gasteiger partial charge in [0.05, 0.1) is 5.69 Å². The van der Waals surface area contributed by atoms with E-state index in [4.69, 9.17) is 11.6 Å². The summed E-state index contributed by atoms with van der Waals surface area (Å²) in [6.07, 6.45) is 0. The molecule has 2 heterocycles. The van der Waals surface area contributed by atoms with Crippen molar-refractivity contribution in [3.8, 4) is 0 Å². The molecule has 1 aliphatic heterocycles. The van der Waals surface area contributed by atoms with Gasteiger partial charge in [0.15, 0.2) is 0 Å². The molecule has 0 N–H and O–H groups in total. The number of para-hydroxylation sites is 1. The van der Waals surface area contributed by atoms with Crippen LogP contribution in [0.15, 0.2) is 65.4 Å². The van der Waals surface area contributed by atoms with E-state index in [0.29, 0.717) is 16.3 Å². The number of thiophene rings is 1. The Balaban J connectivity index is 1.80. The van der Waals surface area contributed by atoms with Crippen LogP contribution in [0.1, 0.15) is 11.6 Å². The number of carbonyl (C=O) groups excluding carboxylic acids is 2. The molecular formula is C20H14ClFN2O2S. The molecule has 1 aromatic heterocycles. The number of rotatable bonds is 3. The molecule has 0 spiro atoms. The minimum absolute atomic E-state index is 0.104. The van der Waals surface area contributed by atoms with Crippen LogP contribution in [-0.2, 0) is 9.59 Å². The maximum absolute atomic E-state index is 14.3. The number of hydrogen-bond acceptors (Lipinski definition) is 3. The second kappa shape index (κ2) is 7.13. The van der Waals surface area contributed by atoms with E-state index in [9.17, 15) is 14.0 Å². The van der Waals surface area contributed by atoms with Crippen molar-refractivity contribution in [3.63, 3.8) is 0 Å². The van der Waals surface area contributed by atoms with E-state index in [1.54, 1.807) is 42.5 Å². The van der Waals surface area contributed by atoms with Gasteiger partial charge in [-0.25, -0.2) is 4.39 Å². The Morgan fingerprint density at radius 2 is 1.78 bits per heavy atom. The highest BCUT2D eigenvalue weighted by Gasteiger charge is 2.42. The normalized spacial score (nSPS) is 17.5. The zero-order valence-electron chi connectivity index (χ0n) is 14.0. The van der Waals surface area contributed by atoms with Crippen LogP contribution in [0.5, 0.6) is 0 Å². The van der Waals surface area contributed by atoms with Gasteiger partial charge in [-0.05, 0) is 58.8 Å². The molecule has 0 aliphatic carbocycles. The lowest BCUT2D eigenvalue weighted by Crippen LogP contribution is -2.56. The van der Waals surface area contributed by atoms with Crippen LogP contribution in [0, 0.1) is 5.82 Å². The molecule has 0 saturated carbocycles. The summed E-state index contributed by atoms with van der Waals surface area (Å²) in [6.45, 7) is -0.233. The zero-order chi connectivity index (χ0) is 19.0. The van der Waals surface area contributed by atoms with Crippen LogP contribution in [0.25, 0.3) is 0 Å². The highest BCUT2D eigenvalue weighted by Crippen LogP contribution is 2.36. The first-order valence-corrected chi connectivity index (χ1v) is 9.54. The second-order valence-corrected chi connectivity index (χ2v) is 7.29. The topological polar surface area (TPSA) is 40.6 Å². The number of nitrogens with zero attached hydrogens (tertiary/aromatic N) is 2. The van der Waals surface area contributed by atoms with E-state index in [1.807, 2.05) is 10.8 Å². The lowest BCUT2D eigenvalue weighted by Gasteiger charge is -2.40. The van der Waals surface area contributed by atoms with Crippen molar-refractivity contribution in [2.75, 3.05) is 16.3 Å². The molecule has 1 fully saturated rings. The van der Waals surface area contributed by atoms with Crippen LogP contribution in [-0.4, -0.2) is 18.4 Å². The molecule has 3 aromatic rings. The van der Waals surface area contributed by atoms with E-state index in [2.05, 4.69) is 0 Å². The van der Waals surface area contributed by atoms with Gasteiger partial charge < -0.3 is 0 Å². The molecule has 27 heavy (non-hydrogen) atoms. The number of anilines is 2. The molecule has 4 rings (SSSR count). The molecule has 2 aromatic carbocycles. The van der Waals surface area contributed by atoms with E-state index >= 15 is 0 Å². The van der Waals surface area contributed by atoms with Gasteiger partial charge in [0.1, 0.15) is 18.4 Å². The monoisotopic (exact) mass is 400 g/mol. The van der Waals surface area contributed by atoms with Crippen LogP contribution in [0.2, 0.25) is 5.02 Å². The molecular weight excluding hydrogens is 387 g/mol. The summed E-state index contributed by atoms with van der Waals surface area (Å²) in [4.78, 5) is 29.0. The summed E-state index contributed by atoms with van der Waals surface area (Å²) in [5.74, 6) is -1.19. The maximum atomic E-state index is 14.3. The summed E-state index contributed by atoms with van der Waals surface area (Å²) in [6, 6.07) is 13.6. The highest BCUT2D eigenvalue weighted by molar-refractivity contribution is 7.08. The van der Waals surface area contributed by atoms with Crippen molar-refractivity contribution in [1.29, 1.82) is 0 Å². The summed E-state index contributed by atoms with van der Waals surface area (Å²) in [5.41, 5.74) is 1.36. The van der Waals surface area contributed by atoms with E-state index in [1.165, 1.54) is 33.3 Å². The molecule has 0 radical (unpaired) electrons. The number of amides is 2. The Morgan fingerprint density at radius 3 is 2.44 bits per heavy atom. The minimum atomic E-state index is -0.863. The van der Waals surface area contributed by atoms with E-state index < -0.39 is 11.9 Å². The van der Waals surface area contributed by atoms with E-state index in [-0.39, 0.29) is 24.0 Å². The fourth-order valence-corrected chi connectivity index (χ4v) is 3.99. The van der Waals surface area contributed by atoms with Crippen molar-refractivity contribution >= 4 is 46.1 Å². The van der Waals surface area contributed by atoms with Gasteiger partial charge in [-0.3, -0.25) is 19.4 Å². The molecule has 0 bridgehead atoms. The predicted octanol–water partition coefficient (Wildman–Crippen LogP) is 4.66. The Bertz CT molecular complexity index is 991. The predicted molar refractivity (Wildman–Crippen MR) is 105 cm³/mol. The summed E-state index contributed by atoms with van der Waals surface area (Å²) < 4.78 is 14.3. The SMILES string of the molecule is O=C1[C@@H](c2ccsc2)N(c2ccc(Cl)cc2)C(=O)CN1c1ccccc1F. The second-order valence-electron chi connectivity index (χ2n) is 6.08. The molecule has 0 unspecified atom stereocenters. The molecule has 7 heteroatoms. The lowest BCUT2D eigenvalue weighted by atomic mass is 10.0. The smallest absolute Gasteiger partial charge is 0.255 e. The van der Waals surface area contributed by atoms with Gasteiger partial charge in [0.25, 0.3) is 5.91 Å². The maximum Gasteiger partial charge on any atom is 0.255 e. The first-order valence-electron chi connectivity index (χ1n) is 8.22. The minimum Gasteiger partial charge on any atom is -0.298 e. The Morgan fingerprint density at radius 1 is 1.04 bits per heavy atom. The third-order valence-electron chi connectivity index (χ3n) is 4.43. The first kappa shape index (κ1) is 17.7. The fraction of sp³-hybridized carbons (Fsp3) is 0.100. The van der Waals surface area contributed by atoms with Crippen molar-refractivity contribution < 1.29 is 14.0 Å². The third kappa shape index (κ3) is 3.22. The van der Waals surface area contributed by atoms with E-state index in [0.717, 1.165) is 0 Å². The molecule has 136 valence electrons. The number of carbonyl (C=O) groups is 2. The van der Waals surface area contributed by atoms with Crippen molar-refractivity contribution in [2.24, 2.45) is 0 Å². The van der Waals surface area contributed by atoms with Crippen molar-refractivity contribution in [1.82, 2.24) is 0 Å². The van der Waals surface area contributed by atoms with Gasteiger partial charge in [-0.15, -0.1) is 0 Å². The van der Waals surface area contributed by atoms with Crippen molar-refractivity contribution in [2.45, 2.75) is 6.04 Å². The number of benzene rings is 2. The average Bonchev–Trinajstić information content (AvgIpc) is 3.19.